The summed E-state index contributed by atoms with van der Waals surface area (Å²) >= 11 is 13.2. The summed E-state index contributed by atoms with van der Waals surface area (Å²) in [5, 5.41) is 6.29. The van der Waals surface area contributed by atoms with Crippen molar-refractivity contribution in [1.82, 2.24) is 14.9 Å². The molecular weight excluding hydrogens is 449 g/mol. The van der Waals surface area contributed by atoms with Crippen molar-refractivity contribution in [1.29, 1.82) is 0 Å². The van der Waals surface area contributed by atoms with Crippen LogP contribution in [-0.4, -0.2) is 22.1 Å². The van der Waals surface area contributed by atoms with E-state index in [1.807, 2.05) is 24.4 Å². The first-order chi connectivity index (χ1) is 16.1. The maximum Gasteiger partial charge on any atom is 0.0679 e. The summed E-state index contributed by atoms with van der Waals surface area (Å²) in [6.07, 6.45) is 8.36. The monoisotopic (exact) mass is 477 g/mol. The Bertz CT molecular complexity index is 1250. The van der Waals surface area contributed by atoms with Crippen molar-refractivity contribution in [3.63, 3.8) is 0 Å². The molecule has 5 heteroatoms. The molecule has 2 aromatic heterocycles. The molecule has 1 aliphatic rings. The molecule has 0 saturated carbocycles. The predicted octanol–water partition coefficient (Wildman–Crippen LogP) is 6.86. The second-order valence-electron chi connectivity index (χ2n) is 9.16. The highest BCUT2D eigenvalue weighted by molar-refractivity contribution is 6.38. The van der Waals surface area contributed by atoms with Gasteiger partial charge in [-0.1, -0.05) is 59.6 Å². The zero-order valence-electron chi connectivity index (χ0n) is 19.0. The van der Waals surface area contributed by atoms with Crippen LogP contribution in [0.4, 0.5) is 0 Å². The Balaban J connectivity index is 1.49. The Morgan fingerprint density at radius 1 is 1.06 bits per heavy atom. The molecule has 0 fully saturated rings. The summed E-state index contributed by atoms with van der Waals surface area (Å²) < 4.78 is 2.37. The molecule has 0 amide bonds. The second kappa shape index (κ2) is 9.50. The Labute approximate surface area is 205 Å². The third-order valence-corrected chi connectivity index (χ3v) is 7.70. The van der Waals surface area contributed by atoms with Crippen LogP contribution in [-0.2, 0) is 25.8 Å². The Kier molecular flexibility index (Phi) is 6.47. The molecular formula is C28H29Cl2N3. The van der Waals surface area contributed by atoms with Crippen molar-refractivity contribution < 1.29 is 0 Å². The quantitative estimate of drug-likeness (QED) is 0.315. The smallest absolute Gasteiger partial charge is 0.0679 e. The highest BCUT2D eigenvalue weighted by Gasteiger charge is 2.36. The second-order valence-corrected chi connectivity index (χ2v) is 10.0. The SMILES string of the molecule is CNC1(CCCc2ccccc2)CCc2c(c3cc(Cl)cc(Cl)c3n2Cc2ccccn2)C1. The van der Waals surface area contributed by atoms with Crippen molar-refractivity contribution in [3.05, 3.63) is 99.4 Å². The molecule has 2 heterocycles. The number of halogens is 2. The van der Waals surface area contributed by atoms with E-state index in [0.29, 0.717) is 16.6 Å². The zero-order chi connectivity index (χ0) is 22.8. The molecule has 0 aliphatic heterocycles. The van der Waals surface area contributed by atoms with Gasteiger partial charge in [0.15, 0.2) is 0 Å². The van der Waals surface area contributed by atoms with Crippen LogP contribution in [0.25, 0.3) is 10.9 Å². The molecule has 3 nitrogen and oxygen atoms in total. The third-order valence-electron chi connectivity index (χ3n) is 7.19. The normalized spacial score (nSPS) is 17.9. The van der Waals surface area contributed by atoms with E-state index in [1.165, 1.54) is 22.2 Å². The van der Waals surface area contributed by atoms with E-state index in [2.05, 4.69) is 64.4 Å². The number of likely N-dealkylation sites (N-methyl/N-ethyl adjacent to an activating group) is 1. The minimum Gasteiger partial charge on any atom is -0.337 e. The molecule has 1 N–H and O–H groups in total. The van der Waals surface area contributed by atoms with E-state index in [0.717, 1.165) is 49.7 Å². The Hall–Kier alpha value is -2.33. The molecule has 1 unspecified atom stereocenters. The standard InChI is InChI=1S/C28H29Cl2N3/c1-31-28(13-7-10-20-8-3-2-4-9-20)14-12-26-24(18-28)23-16-21(29)17-25(30)27(23)33(26)19-22-11-5-6-15-32-22/h2-6,8-9,11,15-17,31H,7,10,12-14,18-19H2,1H3. The van der Waals surface area contributed by atoms with E-state index >= 15 is 0 Å². The number of nitrogens with one attached hydrogen (secondary N) is 1. The van der Waals surface area contributed by atoms with Gasteiger partial charge in [-0.25, -0.2) is 0 Å². The fourth-order valence-corrected chi connectivity index (χ4v) is 6.04. The number of rotatable bonds is 7. The summed E-state index contributed by atoms with van der Waals surface area (Å²) in [4.78, 5) is 4.57. The van der Waals surface area contributed by atoms with Gasteiger partial charge in [-0.3, -0.25) is 4.98 Å². The summed E-state index contributed by atoms with van der Waals surface area (Å²) in [5.74, 6) is 0. The third kappa shape index (κ3) is 4.55. The molecule has 170 valence electrons. The first kappa shape index (κ1) is 22.5. The number of benzene rings is 2. The van der Waals surface area contributed by atoms with E-state index in [4.69, 9.17) is 23.2 Å². The van der Waals surface area contributed by atoms with E-state index in [-0.39, 0.29) is 5.54 Å². The molecule has 1 atom stereocenters. The number of nitrogens with zero attached hydrogens (tertiary/aromatic N) is 2. The van der Waals surface area contributed by atoms with E-state index < -0.39 is 0 Å². The first-order valence-corrected chi connectivity index (χ1v) is 12.5. The summed E-state index contributed by atoms with van der Waals surface area (Å²) in [6, 6.07) is 20.8. The Morgan fingerprint density at radius 2 is 1.88 bits per heavy atom. The summed E-state index contributed by atoms with van der Waals surface area (Å²) in [6.45, 7) is 0.717. The van der Waals surface area contributed by atoms with Crippen LogP contribution < -0.4 is 5.32 Å². The topological polar surface area (TPSA) is 29.9 Å². The average Bonchev–Trinajstić information content (AvgIpc) is 3.13. The predicted molar refractivity (Wildman–Crippen MR) is 138 cm³/mol. The van der Waals surface area contributed by atoms with Crippen LogP contribution >= 0.6 is 23.2 Å². The molecule has 2 aromatic carbocycles. The number of pyridine rings is 1. The van der Waals surface area contributed by atoms with Gasteiger partial charge in [0.05, 0.1) is 22.8 Å². The van der Waals surface area contributed by atoms with E-state index in [1.54, 1.807) is 0 Å². The number of fused-ring (bicyclic) bond motifs is 3. The minimum absolute atomic E-state index is 0.0840. The van der Waals surface area contributed by atoms with Crippen LogP contribution in [0.3, 0.4) is 0 Å². The van der Waals surface area contributed by atoms with Crippen molar-refractivity contribution in [2.24, 2.45) is 0 Å². The lowest BCUT2D eigenvalue weighted by Gasteiger charge is -2.38. The van der Waals surface area contributed by atoms with Gasteiger partial charge in [-0.05, 0) is 81.0 Å². The lowest BCUT2D eigenvalue weighted by Crippen LogP contribution is -2.47. The van der Waals surface area contributed by atoms with Crippen molar-refractivity contribution in [3.8, 4) is 0 Å². The molecule has 0 radical (unpaired) electrons. The molecule has 0 spiro atoms. The van der Waals surface area contributed by atoms with Crippen molar-refractivity contribution in [2.45, 2.75) is 50.6 Å². The molecule has 33 heavy (non-hydrogen) atoms. The van der Waals surface area contributed by atoms with Crippen LogP contribution in [0.15, 0.2) is 66.9 Å². The first-order valence-electron chi connectivity index (χ1n) is 11.7. The lowest BCUT2D eigenvalue weighted by molar-refractivity contribution is 0.276. The average molecular weight is 478 g/mol. The zero-order valence-corrected chi connectivity index (χ0v) is 20.5. The van der Waals surface area contributed by atoms with Crippen LogP contribution in [0, 0.1) is 0 Å². The molecule has 0 bridgehead atoms. The van der Waals surface area contributed by atoms with Gasteiger partial charge >= 0.3 is 0 Å². The number of aryl methyl sites for hydroxylation is 1. The van der Waals surface area contributed by atoms with Crippen LogP contribution in [0.1, 0.15) is 41.8 Å². The van der Waals surface area contributed by atoms with Gasteiger partial charge in [-0.15, -0.1) is 0 Å². The number of aromatic nitrogens is 2. The van der Waals surface area contributed by atoms with Gasteiger partial charge in [0.2, 0.25) is 0 Å². The molecule has 1 aliphatic carbocycles. The van der Waals surface area contributed by atoms with Crippen molar-refractivity contribution >= 4 is 34.1 Å². The maximum absolute atomic E-state index is 6.77. The fourth-order valence-electron chi connectivity index (χ4n) is 5.45. The highest BCUT2D eigenvalue weighted by atomic mass is 35.5. The van der Waals surface area contributed by atoms with E-state index in [9.17, 15) is 0 Å². The maximum atomic E-state index is 6.77. The van der Waals surface area contributed by atoms with Gasteiger partial charge in [0, 0.05) is 27.8 Å². The van der Waals surface area contributed by atoms with Crippen LogP contribution in [0.2, 0.25) is 10.0 Å². The van der Waals surface area contributed by atoms with Crippen molar-refractivity contribution in [2.75, 3.05) is 7.05 Å². The van der Waals surface area contributed by atoms with Gasteiger partial charge in [-0.2, -0.15) is 0 Å². The number of hydrogen-bond donors (Lipinski definition) is 1. The largest absolute Gasteiger partial charge is 0.337 e. The molecule has 0 saturated heterocycles. The number of hydrogen-bond acceptors (Lipinski definition) is 2. The fraction of sp³-hybridized carbons (Fsp3) is 0.321. The summed E-state index contributed by atoms with van der Waals surface area (Å²) in [7, 11) is 2.11. The molecule has 4 aromatic rings. The van der Waals surface area contributed by atoms with Gasteiger partial charge < -0.3 is 9.88 Å². The Morgan fingerprint density at radius 3 is 2.64 bits per heavy atom. The summed E-state index contributed by atoms with van der Waals surface area (Å²) in [5.41, 5.74) is 6.36. The molecule has 5 rings (SSSR count). The van der Waals surface area contributed by atoms with Gasteiger partial charge in [0.1, 0.15) is 0 Å². The minimum atomic E-state index is 0.0840. The van der Waals surface area contributed by atoms with Gasteiger partial charge in [0.25, 0.3) is 0 Å². The highest BCUT2D eigenvalue weighted by Crippen LogP contribution is 2.41. The lowest BCUT2D eigenvalue weighted by atomic mass is 9.76. The van der Waals surface area contributed by atoms with Crippen LogP contribution in [0.5, 0.6) is 0 Å².